The Kier molecular flexibility index (Phi) is 11.5. The number of guanidine groups is 1. The Morgan fingerprint density at radius 3 is 2.08 bits per heavy atom. The van der Waals surface area contributed by atoms with Crippen molar-refractivity contribution in [2.24, 2.45) is 16.3 Å². The van der Waals surface area contributed by atoms with Gasteiger partial charge in [0.05, 0.1) is 6.10 Å². The summed E-state index contributed by atoms with van der Waals surface area (Å²) in [4.78, 5) is 6.96. The number of hydrogen-bond acceptors (Lipinski definition) is 3. The third-order valence-corrected chi connectivity index (χ3v) is 4.79. The van der Waals surface area contributed by atoms with Crippen molar-refractivity contribution in [2.75, 3.05) is 40.3 Å². The molecule has 0 radical (unpaired) electrons. The zero-order valence-electron chi connectivity index (χ0n) is 16.7. The first-order chi connectivity index (χ1) is 10.8. The Morgan fingerprint density at radius 2 is 1.67 bits per heavy atom. The second kappa shape index (κ2) is 11.5. The maximum atomic E-state index is 5.60. The van der Waals surface area contributed by atoms with Crippen LogP contribution in [-0.4, -0.2) is 63.3 Å². The van der Waals surface area contributed by atoms with E-state index in [0.717, 1.165) is 19.0 Å². The van der Waals surface area contributed by atoms with E-state index in [1.807, 2.05) is 7.05 Å². The minimum atomic E-state index is 0. The molecule has 1 saturated heterocycles. The molecule has 0 amide bonds. The zero-order valence-corrected chi connectivity index (χ0v) is 19.0. The second-order valence-electron chi connectivity index (χ2n) is 7.98. The number of hydrogen-bond donors (Lipinski definition) is 2. The van der Waals surface area contributed by atoms with Gasteiger partial charge in [-0.1, -0.05) is 34.6 Å². The molecule has 0 bridgehead atoms. The van der Waals surface area contributed by atoms with Crippen LogP contribution >= 0.6 is 24.0 Å². The second-order valence-corrected chi connectivity index (χ2v) is 7.98. The van der Waals surface area contributed by atoms with Crippen molar-refractivity contribution in [1.82, 2.24) is 15.5 Å². The molecule has 0 saturated carbocycles. The van der Waals surface area contributed by atoms with Crippen molar-refractivity contribution in [3.8, 4) is 0 Å². The van der Waals surface area contributed by atoms with E-state index in [1.54, 1.807) is 7.11 Å². The first-order valence-corrected chi connectivity index (χ1v) is 9.01. The molecule has 1 aliphatic heterocycles. The average molecular weight is 454 g/mol. The predicted octanol–water partition coefficient (Wildman–Crippen LogP) is 2.95. The number of rotatable bonds is 7. The van der Waals surface area contributed by atoms with E-state index in [9.17, 15) is 0 Å². The molecule has 2 atom stereocenters. The van der Waals surface area contributed by atoms with E-state index in [1.165, 1.54) is 25.9 Å². The van der Waals surface area contributed by atoms with Gasteiger partial charge in [-0.15, -0.1) is 24.0 Å². The number of aliphatic imine (C=N–C) groups is 1. The Hall–Kier alpha value is -0.0800. The number of nitrogens with one attached hydrogen (secondary N) is 2. The average Bonchev–Trinajstić information content (AvgIpc) is 2.98. The first-order valence-electron chi connectivity index (χ1n) is 9.01. The van der Waals surface area contributed by atoms with Gasteiger partial charge in [-0.2, -0.15) is 0 Å². The van der Waals surface area contributed by atoms with Gasteiger partial charge < -0.3 is 15.4 Å². The van der Waals surface area contributed by atoms with Crippen LogP contribution in [0.5, 0.6) is 0 Å². The molecule has 24 heavy (non-hydrogen) atoms. The van der Waals surface area contributed by atoms with Crippen LogP contribution in [0.15, 0.2) is 4.99 Å². The highest BCUT2D eigenvalue weighted by Gasteiger charge is 2.26. The van der Waals surface area contributed by atoms with Gasteiger partial charge in [0.2, 0.25) is 0 Å². The van der Waals surface area contributed by atoms with Crippen LogP contribution in [0.4, 0.5) is 0 Å². The predicted molar refractivity (Wildman–Crippen MR) is 114 cm³/mol. The van der Waals surface area contributed by atoms with Crippen LogP contribution in [0, 0.1) is 11.3 Å². The fourth-order valence-electron chi connectivity index (χ4n) is 3.21. The lowest BCUT2D eigenvalue weighted by Gasteiger charge is -2.32. The van der Waals surface area contributed by atoms with Crippen LogP contribution < -0.4 is 10.6 Å². The Balaban J connectivity index is 0.00000529. The molecule has 0 aromatic heterocycles. The molecule has 1 heterocycles. The Bertz CT molecular complexity index is 363. The summed E-state index contributed by atoms with van der Waals surface area (Å²) in [7, 11) is 3.60. The van der Waals surface area contributed by atoms with Gasteiger partial charge in [0, 0.05) is 33.3 Å². The van der Waals surface area contributed by atoms with Gasteiger partial charge in [-0.25, -0.2) is 0 Å². The van der Waals surface area contributed by atoms with E-state index < -0.39 is 0 Å². The fourth-order valence-corrected chi connectivity index (χ4v) is 3.21. The van der Waals surface area contributed by atoms with Crippen molar-refractivity contribution in [3.63, 3.8) is 0 Å². The van der Waals surface area contributed by atoms with Gasteiger partial charge in [0.1, 0.15) is 0 Å². The third-order valence-electron chi connectivity index (χ3n) is 4.79. The van der Waals surface area contributed by atoms with Crippen molar-refractivity contribution >= 4 is 29.9 Å². The molecule has 6 heteroatoms. The monoisotopic (exact) mass is 454 g/mol. The topological polar surface area (TPSA) is 48.9 Å². The molecule has 5 nitrogen and oxygen atoms in total. The van der Waals surface area contributed by atoms with Gasteiger partial charge in [-0.05, 0) is 37.3 Å². The summed E-state index contributed by atoms with van der Waals surface area (Å²) < 4.78 is 5.60. The van der Waals surface area contributed by atoms with E-state index >= 15 is 0 Å². The minimum absolute atomic E-state index is 0. The van der Waals surface area contributed by atoms with Gasteiger partial charge in [0.25, 0.3) is 0 Å². The molecule has 144 valence electrons. The van der Waals surface area contributed by atoms with E-state index in [4.69, 9.17) is 4.74 Å². The molecule has 0 spiro atoms. The molecule has 1 fully saturated rings. The molecule has 0 aliphatic carbocycles. The van der Waals surface area contributed by atoms with Crippen LogP contribution in [0.2, 0.25) is 0 Å². The highest BCUT2D eigenvalue weighted by molar-refractivity contribution is 14.0. The molecule has 1 rings (SSSR count). The molecule has 0 aromatic carbocycles. The summed E-state index contributed by atoms with van der Waals surface area (Å²) in [6.07, 6.45) is 2.81. The Labute approximate surface area is 166 Å². The number of halogens is 1. The number of methoxy groups -OCH3 is 1. The summed E-state index contributed by atoms with van der Waals surface area (Å²) in [6, 6.07) is 0.567. The normalized spacial score (nSPS) is 19.1. The number of likely N-dealkylation sites (tertiary alicyclic amines) is 1. The molecule has 2 unspecified atom stereocenters. The SMILES string of the molecule is CN=C(NCC(C(C)C)N1CCCC1)NCC(OC)C(C)(C)C.I. The molecule has 1 aliphatic rings. The lowest BCUT2D eigenvalue weighted by atomic mass is 9.89. The van der Waals surface area contributed by atoms with Gasteiger partial charge >= 0.3 is 0 Å². The summed E-state index contributed by atoms with van der Waals surface area (Å²) in [5.41, 5.74) is 0.108. The number of nitrogens with zero attached hydrogens (tertiary/aromatic N) is 2. The molecule has 0 aromatic rings. The summed E-state index contributed by atoms with van der Waals surface area (Å²) >= 11 is 0. The summed E-state index contributed by atoms with van der Waals surface area (Å²) in [5.74, 6) is 1.50. The summed E-state index contributed by atoms with van der Waals surface area (Å²) in [5, 5.41) is 6.91. The zero-order chi connectivity index (χ0) is 17.5. The van der Waals surface area contributed by atoms with Crippen LogP contribution in [0.25, 0.3) is 0 Å². The van der Waals surface area contributed by atoms with Crippen LogP contribution in [0.1, 0.15) is 47.5 Å². The first kappa shape index (κ1) is 23.9. The van der Waals surface area contributed by atoms with Crippen molar-refractivity contribution < 1.29 is 4.74 Å². The number of ether oxygens (including phenoxy) is 1. The third kappa shape index (κ3) is 7.87. The quantitative estimate of drug-likeness (QED) is 0.353. The van der Waals surface area contributed by atoms with Gasteiger partial charge in [0.15, 0.2) is 5.96 Å². The Morgan fingerprint density at radius 1 is 1.12 bits per heavy atom. The standard InChI is InChI=1S/C18H38N4O.HI/c1-14(2)15(22-10-8-9-11-22)12-20-17(19-6)21-13-16(23-7)18(3,4)5;/h14-16H,8-13H2,1-7H3,(H2,19,20,21);1H. The lowest BCUT2D eigenvalue weighted by molar-refractivity contribution is 0.0205. The largest absolute Gasteiger partial charge is 0.379 e. The van der Waals surface area contributed by atoms with E-state index in [0.29, 0.717) is 12.0 Å². The van der Waals surface area contributed by atoms with Crippen molar-refractivity contribution in [3.05, 3.63) is 0 Å². The summed E-state index contributed by atoms with van der Waals surface area (Å²) in [6.45, 7) is 15.4. The maximum Gasteiger partial charge on any atom is 0.191 e. The van der Waals surface area contributed by atoms with Gasteiger partial charge in [-0.3, -0.25) is 9.89 Å². The molecular weight excluding hydrogens is 415 g/mol. The van der Waals surface area contributed by atoms with Crippen molar-refractivity contribution in [1.29, 1.82) is 0 Å². The smallest absolute Gasteiger partial charge is 0.191 e. The lowest BCUT2D eigenvalue weighted by Crippen LogP contribution is -2.50. The van der Waals surface area contributed by atoms with Crippen LogP contribution in [0.3, 0.4) is 0 Å². The van der Waals surface area contributed by atoms with Crippen LogP contribution in [-0.2, 0) is 4.74 Å². The minimum Gasteiger partial charge on any atom is -0.379 e. The van der Waals surface area contributed by atoms with E-state index in [-0.39, 0.29) is 35.5 Å². The fraction of sp³-hybridized carbons (Fsp3) is 0.944. The van der Waals surface area contributed by atoms with E-state index in [2.05, 4.69) is 55.1 Å². The van der Waals surface area contributed by atoms with Crippen molar-refractivity contribution in [2.45, 2.75) is 59.6 Å². The molecular formula is C18H39IN4O. The highest BCUT2D eigenvalue weighted by atomic mass is 127. The maximum absolute atomic E-state index is 5.60. The molecule has 2 N–H and O–H groups in total. The highest BCUT2D eigenvalue weighted by Crippen LogP contribution is 2.21.